The van der Waals surface area contributed by atoms with Crippen molar-refractivity contribution in [2.24, 2.45) is 23.0 Å². The summed E-state index contributed by atoms with van der Waals surface area (Å²) in [6.45, 7) is 4.41. The fourth-order valence-corrected chi connectivity index (χ4v) is 2.67. The highest BCUT2D eigenvalue weighted by molar-refractivity contribution is 5.75. The average Bonchev–Trinajstić information content (AvgIpc) is 3.01. The summed E-state index contributed by atoms with van der Waals surface area (Å²) < 4.78 is 0. The van der Waals surface area contributed by atoms with E-state index < -0.39 is 11.4 Å². The van der Waals surface area contributed by atoms with E-state index in [4.69, 9.17) is 5.73 Å². The van der Waals surface area contributed by atoms with E-state index in [0.717, 1.165) is 19.3 Å². The lowest BCUT2D eigenvalue weighted by Gasteiger charge is -2.35. The Morgan fingerprint density at radius 1 is 1.47 bits per heavy atom. The molecular formula is C12H23NO2. The number of hydrogen-bond acceptors (Lipinski definition) is 2. The molecule has 15 heavy (non-hydrogen) atoms. The molecule has 1 atom stereocenters. The predicted molar refractivity (Wildman–Crippen MR) is 60.5 cm³/mol. The quantitative estimate of drug-likeness (QED) is 0.681. The van der Waals surface area contributed by atoms with Crippen LogP contribution in [-0.4, -0.2) is 17.6 Å². The van der Waals surface area contributed by atoms with Crippen molar-refractivity contribution in [2.45, 2.75) is 46.0 Å². The molecule has 0 bridgehead atoms. The van der Waals surface area contributed by atoms with Crippen LogP contribution in [0, 0.1) is 17.3 Å². The monoisotopic (exact) mass is 213 g/mol. The third-order valence-corrected chi connectivity index (χ3v) is 3.91. The molecule has 0 aromatic carbocycles. The van der Waals surface area contributed by atoms with Crippen molar-refractivity contribution >= 4 is 5.97 Å². The molecule has 0 aromatic rings. The van der Waals surface area contributed by atoms with Gasteiger partial charge in [-0.1, -0.05) is 39.5 Å². The molecule has 0 aromatic heterocycles. The summed E-state index contributed by atoms with van der Waals surface area (Å²) in [7, 11) is 0. The van der Waals surface area contributed by atoms with E-state index in [-0.39, 0.29) is 12.5 Å². The second-order valence-electron chi connectivity index (χ2n) is 4.83. The van der Waals surface area contributed by atoms with Crippen LogP contribution in [0.3, 0.4) is 0 Å². The molecule has 0 heterocycles. The first-order chi connectivity index (χ1) is 7.10. The molecule has 0 radical (unpaired) electrons. The molecule has 1 unspecified atom stereocenters. The van der Waals surface area contributed by atoms with Gasteiger partial charge >= 0.3 is 5.97 Å². The predicted octanol–water partition coefficient (Wildman–Crippen LogP) is 2.25. The summed E-state index contributed by atoms with van der Waals surface area (Å²) >= 11 is 0. The van der Waals surface area contributed by atoms with E-state index in [1.54, 1.807) is 0 Å². The van der Waals surface area contributed by atoms with Crippen molar-refractivity contribution in [3.05, 3.63) is 0 Å². The molecule has 3 nitrogen and oxygen atoms in total. The highest BCUT2D eigenvalue weighted by Gasteiger charge is 2.46. The second kappa shape index (κ2) is 4.97. The van der Waals surface area contributed by atoms with Gasteiger partial charge in [-0.15, -0.1) is 0 Å². The zero-order chi connectivity index (χ0) is 11.5. The molecule has 3 N–H and O–H groups in total. The summed E-state index contributed by atoms with van der Waals surface area (Å²) in [5, 5.41) is 9.45. The van der Waals surface area contributed by atoms with Gasteiger partial charge in [0, 0.05) is 6.54 Å². The summed E-state index contributed by atoms with van der Waals surface area (Å²) in [6, 6.07) is 0. The average molecular weight is 213 g/mol. The third-order valence-electron chi connectivity index (χ3n) is 3.91. The van der Waals surface area contributed by atoms with Gasteiger partial charge in [0.1, 0.15) is 0 Å². The van der Waals surface area contributed by atoms with Gasteiger partial charge in [-0.25, -0.2) is 0 Å². The van der Waals surface area contributed by atoms with Gasteiger partial charge in [-0.2, -0.15) is 0 Å². The van der Waals surface area contributed by atoms with Crippen LogP contribution in [-0.2, 0) is 4.79 Å². The molecule has 1 aliphatic rings. The minimum absolute atomic E-state index is 0.223. The number of carbonyl (C=O) groups is 1. The van der Waals surface area contributed by atoms with E-state index in [1.807, 2.05) is 0 Å². The highest BCUT2D eigenvalue weighted by atomic mass is 16.4. The zero-order valence-corrected chi connectivity index (χ0v) is 9.83. The van der Waals surface area contributed by atoms with E-state index in [0.29, 0.717) is 5.92 Å². The third kappa shape index (κ3) is 2.51. The first-order valence-corrected chi connectivity index (χ1v) is 6.04. The van der Waals surface area contributed by atoms with Gasteiger partial charge in [-0.05, 0) is 18.3 Å². The minimum atomic E-state index is -0.689. The van der Waals surface area contributed by atoms with Crippen molar-refractivity contribution in [2.75, 3.05) is 6.54 Å². The van der Waals surface area contributed by atoms with Crippen molar-refractivity contribution in [1.82, 2.24) is 0 Å². The van der Waals surface area contributed by atoms with Crippen LogP contribution in [0.15, 0.2) is 0 Å². The van der Waals surface area contributed by atoms with Crippen molar-refractivity contribution < 1.29 is 9.90 Å². The standard InChI is InChI=1S/C12H23NO2/c1-3-10(4-2)12(8-13,11(14)15)7-9-5-6-9/h9-10H,3-8,13H2,1-2H3,(H,14,15). The van der Waals surface area contributed by atoms with Gasteiger partial charge in [0.25, 0.3) is 0 Å². The van der Waals surface area contributed by atoms with Crippen LogP contribution in [0.5, 0.6) is 0 Å². The first kappa shape index (κ1) is 12.5. The first-order valence-electron chi connectivity index (χ1n) is 6.04. The number of nitrogens with two attached hydrogens (primary N) is 1. The minimum Gasteiger partial charge on any atom is -0.481 e. The van der Waals surface area contributed by atoms with Crippen LogP contribution in [0.1, 0.15) is 46.0 Å². The van der Waals surface area contributed by atoms with Gasteiger partial charge in [0.2, 0.25) is 0 Å². The molecule has 1 rings (SSSR count). The Kier molecular flexibility index (Phi) is 4.14. The second-order valence-corrected chi connectivity index (χ2v) is 4.83. The van der Waals surface area contributed by atoms with Crippen LogP contribution < -0.4 is 5.73 Å². The Morgan fingerprint density at radius 3 is 2.27 bits per heavy atom. The van der Waals surface area contributed by atoms with Crippen LogP contribution in [0.25, 0.3) is 0 Å². The summed E-state index contributed by atoms with van der Waals surface area (Å²) in [5.74, 6) is 0.149. The molecule has 1 saturated carbocycles. The summed E-state index contributed by atoms with van der Waals surface area (Å²) in [4.78, 5) is 11.5. The lowest BCUT2D eigenvalue weighted by molar-refractivity contribution is -0.153. The van der Waals surface area contributed by atoms with Crippen molar-refractivity contribution in [1.29, 1.82) is 0 Å². The van der Waals surface area contributed by atoms with Crippen LogP contribution in [0.2, 0.25) is 0 Å². The summed E-state index contributed by atoms with van der Waals surface area (Å²) in [6.07, 6.45) is 4.98. The van der Waals surface area contributed by atoms with Gasteiger partial charge in [0.15, 0.2) is 0 Å². The van der Waals surface area contributed by atoms with E-state index >= 15 is 0 Å². The Balaban J connectivity index is 2.83. The molecule has 1 fully saturated rings. The van der Waals surface area contributed by atoms with E-state index in [1.165, 1.54) is 12.8 Å². The van der Waals surface area contributed by atoms with Crippen molar-refractivity contribution in [3.63, 3.8) is 0 Å². The van der Waals surface area contributed by atoms with Gasteiger partial charge < -0.3 is 10.8 Å². The maximum atomic E-state index is 11.5. The number of carboxylic acid groups (broad SMARTS) is 1. The number of carboxylic acids is 1. The molecule has 0 amide bonds. The van der Waals surface area contributed by atoms with Crippen LogP contribution >= 0.6 is 0 Å². The Bertz CT molecular complexity index is 222. The Hall–Kier alpha value is -0.570. The lowest BCUT2D eigenvalue weighted by atomic mass is 9.69. The maximum Gasteiger partial charge on any atom is 0.311 e. The Labute approximate surface area is 92.0 Å². The van der Waals surface area contributed by atoms with Crippen molar-refractivity contribution in [3.8, 4) is 0 Å². The zero-order valence-electron chi connectivity index (χ0n) is 9.83. The number of aliphatic carboxylic acids is 1. The fourth-order valence-electron chi connectivity index (χ4n) is 2.67. The molecule has 0 spiro atoms. The SMILES string of the molecule is CCC(CC)C(CN)(CC1CC1)C(=O)O. The van der Waals surface area contributed by atoms with Gasteiger partial charge in [-0.3, -0.25) is 4.79 Å². The smallest absolute Gasteiger partial charge is 0.311 e. The molecule has 88 valence electrons. The fraction of sp³-hybridized carbons (Fsp3) is 0.917. The maximum absolute atomic E-state index is 11.5. The molecule has 1 aliphatic carbocycles. The highest BCUT2D eigenvalue weighted by Crippen LogP contribution is 2.45. The summed E-state index contributed by atoms with van der Waals surface area (Å²) in [5.41, 5.74) is 5.09. The topological polar surface area (TPSA) is 63.3 Å². The lowest BCUT2D eigenvalue weighted by Crippen LogP contribution is -2.45. The molecule has 0 saturated heterocycles. The number of rotatable bonds is 7. The number of hydrogen-bond donors (Lipinski definition) is 2. The van der Waals surface area contributed by atoms with E-state index in [2.05, 4.69) is 13.8 Å². The molecule has 0 aliphatic heterocycles. The largest absolute Gasteiger partial charge is 0.481 e. The van der Waals surface area contributed by atoms with Crippen LogP contribution in [0.4, 0.5) is 0 Å². The molecular weight excluding hydrogens is 190 g/mol. The van der Waals surface area contributed by atoms with Gasteiger partial charge in [0.05, 0.1) is 5.41 Å². The van der Waals surface area contributed by atoms with E-state index in [9.17, 15) is 9.90 Å². The Morgan fingerprint density at radius 2 is 2.00 bits per heavy atom. The normalized spacial score (nSPS) is 20.3. The molecule has 3 heteroatoms.